The predicted octanol–water partition coefficient (Wildman–Crippen LogP) is 1.04. The molecule has 2 aromatic rings. The van der Waals surface area contributed by atoms with Crippen molar-refractivity contribution in [2.75, 3.05) is 5.73 Å². The Labute approximate surface area is 98.2 Å². The molecule has 0 radical (unpaired) electrons. The summed E-state index contributed by atoms with van der Waals surface area (Å²) in [5.74, 6) is 0.0864. The summed E-state index contributed by atoms with van der Waals surface area (Å²) in [5, 5.41) is 0.684. The Morgan fingerprint density at radius 2 is 2.18 bits per heavy atom. The lowest BCUT2D eigenvalue weighted by atomic mass is 10.0. The average molecular weight is 228 g/mol. The van der Waals surface area contributed by atoms with Crippen LogP contribution in [0.4, 0.5) is 5.95 Å². The maximum absolute atomic E-state index is 11.0. The zero-order valence-corrected chi connectivity index (χ0v) is 9.18. The number of hydrogen-bond acceptors (Lipinski definition) is 5. The first-order valence-electron chi connectivity index (χ1n) is 5.05. The Hall–Kier alpha value is -2.43. The molecule has 0 saturated carbocycles. The van der Waals surface area contributed by atoms with E-state index in [-0.39, 0.29) is 11.6 Å². The van der Waals surface area contributed by atoms with Gasteiger partial charge < -0.3 is 11.5 Å². The lowest BCUT2D eigenvalue weighted by Gasteiger charge is -2.08. The first kappa shape index (κ1) is 11.1. The number of fused-ring (bicyclic) bond motifs is 1. The minimum Gasteiger partial charge on any atom is -0.402 e. The molecule has 5 heteroatoms. The molecule has 0 atom stereocenters. The van der Waals surface area contributed by atoms with Gasteiger partial charge in [0.1, 0.15) is 5.69 Å². The third-order valence-corrected chi connectivity index (χ3v) is 2.38. The number of carbonyl (C=O) groups is 1. The molecule has 0 aliphatic carbocycles. The fourth-order valence-electron chi connectivity index (χ4n) is 1.78. The number of aldehydes is 1. The van der Waals surface area contributed by atoms with Gasteiger partial charge in [0.15, 0.2) is 6.29 Å². The number of nitrogens with zero attached hydrogens (tertiary/aromatic N) is 2. The monoisotopic (exact) mass is 228 g/mol. The molecule has 0 fully saturated rings. The van der Waals surface area contributed by atoms with Gasteiger partial charge in [-0.1, -0.05) is 18.7 Å². The van der Waals surface area contributed by atoms with Crippen molar-refractivity contribution in [3.05, 3.63) is 41.7 Å². The zero-order chi connectivity index (χ0) is 12.4. The van der Waals surface area contributed by atoms with Crippen molar-refractivity contribution in [3.8, 4) is 0 Å². The van der Waals surface area contributed by atoms with Gasteiger partial charge in [0.05, 0.1) is 5.52 Å². The molecule has 0 amide bonds. The van der Waals surface area contributed by atoms with Gasteiger partial charge in [-0.05, 0) is 11.6 Å². The van der Waals surface area contributed by atoms with Crippen LogP contribution >= 0.6 is 0 Å². The van der Waals surface area contributed by atoms with E-state index >= 15 is 0 Å². The van der Waals surface area contributed by atoms with Gasteiger partial charge in [0, 0.05) is 17.5 Å². The van der Waals surface area contributed by atoms with E-state index in [9.17, 15) is 4.79 Å². The van der Waals surface area contributed by atoms with Gasteiger partial charge in [0.2, 0.25) is 5.95 Å². The molecule has 1 heterocycles. The maximum Gasteiger partial charge on any atom is 0.221 e. The third-order valence-electron chi connectivity index (χ3n) is 2.38. The fourth-order valence-corrected chi connectivity index (χ4v) is 1.78. The van der Waals surface area contributed by atoms with Crippen LogP contribution in [0.3, 0.4) is 0 Å². The van der Waals surface area contributed by atoms with Crippen LogP contribution in [0.15, 0.2) is 30.5 Å². The zero-order valence-electron chi connectivity index (χ0n) is 9.18. The van der Waals surface area contributed by atoms with Crippen LogP contribution in [-0.4, -0.2) is 16.3 Å². The summed E-state index contributed by atoms with van der Waals surface area (Å²) in [6.45, 7) is 3.65. The largest absolute Gasteiger partial charge is 0.402 e. The molecule has 0 spiro atoms. The summed E-state index contributed by atoms with van der Waals surface area (Å²) in [7, 11) is 0. The van der Waals surface area contributed by atoms with Crippen molar-refractivity contribution in [2.24, 2.45) is 5.73 Å². The van der Waals surface area contributed by atoms with E-state index in [1.807, 2.05) is 12.1 Å². The second-order valence-electron chi connectivity index (χ2n) is 3.73. The van der Waals surface area contributed by atoms with Crippen molar-refractivity contribution in [1.82, 2.24) is 9.97 Å². The van der Waals surface area contributed by atoms with Crippen LogP contribution in [0.5, 0.6) is 0 Å². The van der Waals surface area contributed by atoms with E-state index in [0.29, 0.717) is 29.3 Å². The van der Waals surface area contributed by atoms with E-state index in [0.717, 1.165) is 5.56 Å². The van der Waals surface area contributed by atoms with Gasteiger partial charge in [-0.15, -0.1) is 0 Å². The number of benzene rings is 1. The first-order chi connectivity index (χ1) is 8.11. The highest BCUT2D eigenvalue weighted by Gasteiger charge is 2.10. The average Bonchev–Trinajstić information content (AvgIpc) is 2.27. The number of carbonyl (C=O) groups excluding carboxylic acids is 1. The van der Waals surface area contributed by atoms with Crippen molar-refractivity contribution >= 4 is 23.1 Å². The quantitative estimate of drug-likeness (QED) is 0.765. The predicted molar refractivity (Wildman–Crippen MR) is 66.4 cm³/mol. The number of aromatic nitrogens is 2. The molecule has 4 N–H and O–H groups in total. The lowest BCUT2D eigenvalue weighted by molar-refractivity contribution is 0.112. The van der Waals surface area contributed by atoms with E-state index in [1.54, 1.807) is 6.07 Å². The van der Waals surface area contributed by atoms with E-state index < -0.39 is 0 Å². The topological polar surface area (TPSA) is 94.9 Å². The number of hydrogen-bond donors (Lipinski definition) is 2. The molecule has 0 aliphatic heterocycles. The molecule has 0 bridgehead atoms. The van der Waals surface area contributed by atoms with E-state index in [2.05, 4.69) is 16.5 Å². The number of rotatable bonds is 3. The molecule has 17 heavy (non-hydrogen) atoms. The second kappa shape index (κ2) is 4.21. The third kappa shape index (κ3) is 2.08. The molecule has 0 unspecified atom stereocenters. The van der Waals surface area contributed by atoms with Crippen LogP contribution < -0.4 is 11.5 Å². The summed E-state index contributed by atoms with van der Waals surface area (Å²) in [4.78, 5) is 19.0. The molecule has 2 rings (SSSR count). The Morgan fingerprint density at radius 3 is 2.82 bits per heavy atom. The van der Waals surface area contributed by atoms with Crippen LogP contribution in [0.25, 0.3) is 10.9 Å². The summed E-state index contributed by atoms with van der Waals surface area (Å²) in [6.07, 6.45) is 1.15. The van der Waals surface area contributed by atoms with Gasteiger partial charge in [-0.25, -0.2) is 9.97 Å². The van der Waals surface area contributed by atoms with E-state index in [1.165, 1.54) is 0 Å². The van der Waals surface area contributed by atoms with Crippen molar-refractivity contribution < 1.29 is 4.79 Å². The Balaban J connectivity index is 2.77. The molecule has 86 valence electrons. The summed E-state index contributed by atoms with van der Waals surface area (Å²) in [5.41, 5.74) is 13.4. The van der Waals surface area contributed by atoms with Crippen LogP contribution in [0, 0.1) is 0 Å². The van der Waals surface area contributed by atoms with Crippen molar-refractivity contribution in [3.63, 3.8) is 0 Å². The maximum atomic E-state index is 11.0. The number of anilines is 1. The molecule has 1 aromatic heterocycles. The van der Waals surface area contributed by atoms with Gasteiger partial charge in [-0.3, -0.25) is 4.79 Å². The minimum atomic E-state index is 0.0864. The fraction of sp³-hybridized carbons (Fsp3) is 0.0833. The lowest BCUT2D eigenvalue weighted by Crippen LogP contribution is -2.04. The highest BCUT2D eigenvalue weighted by Crippen LogP contribution is 2.21. The van der Waals surface area contributed by atoms with Gasteiger partial charge >= 0.3 is 0 Å². The van der Waals surface area contributed by atoms with E-state index in [4.69, 9.17) is 11.5 Å². The number of nitrogen functional groups attached to an aromatic ring is 1. The smallest absolute Gasteiger partial charge is 0.221 e. The highest BCUT2D eigenvalue weighted by molar-refractivity contribution is 5.97. The Morgan fingerprint density at radius 1 is 1.41 bits per heavy atom. The SMILES string of the molecule is C=C(N)Cc1cccc2nc(N)nc(C=O)c12. The first-order valence-corrected chi connectivity index (χ1v) is 5.05. The standard InChI is InChI=1S/C12H12N4O/c1-7(13)5-8-3-2-4-9-11(8)10(6-17)16-12(14)15-9/h2-4,6H,1,5,13H2,(H2,14,15,16). The molecular weight excluding hydrogens is 216 g/mol. The van der Waals surface area contributed by atoms with Gasteiger partial charge in [0.25, 0.3) is 0 Å². The molecule has 0 saturated heterocycles. The molecular formula is C12H12N4O. The summed E-state index contributed by atoms with van der Waals surface area (Å²) >= 11 is 0. The van der Waals surface area contributed by atoms with Crippen molar-refractivity contribution in [1.29, 1.82) is 0 Å². The highest BCUT2D eigenvalue weighted by atomic mass is 16.1. The second-order valence-corrected chi connectivity index (χ2v) is 3.73. The number of nitrogens with two attached hydrogens (primary N) is 2. The Kier molecular flexibility index (Phi) is 2.74. The molecule has 0 aliphatic rings. The number of allylic oxidation sites excluding steroid dienone is 1. The van der Waals surface area contributed by atoms with Crippen LogP contribution in [-0.2, 0) is 6.42 Å². The van der Waals surface area contributed by atoms with Crippen LogP contribution in [0.1, 0.15) is 16.1 Å². The normalized spacial score (nSPS) is 10.4. The van der Waals surface area contributed by atoms with Crippen LogP contribution in [0.2, 0.25) is 0 Å². The summed E-state index contributed by atoms with van der Waals surface area (Å²) < 4.78 is 0. The Bertz CT molecular complexity index is 607. The molecule has 5 nitrogen and oxygen atoms in total. The molecule has 1 aromatic carbocycles. The summed E-state index contributed by atoms with van der Waals surface area (Å²) in [6, 6.07) is 5.48. The minimum absolute atomic E-state index is 0.0864. The van der Waals surface area contributed by atoms with Crippen molar-refractivity contribution in [2.45, 2.75) is 6.42 Å². The van der Waals surface area contributed by atoms with Gasteiger partial charge in [-0.2, -0.15) is 0 Å².